The van der Waals surface area contributed by atoms with Gasteiger partial charge < -0.3 is 10.1 Å². The monoisotopic (exact) mass is 318 g/mol. The summed E-state index contributed by atoms with van der Waals surface area (Å²) in [7, 11) is 0. The third-order valence-electron chi connectivity index (χ3n) is 4.11. The quantitative estimate of drug-likeness (QED) is 0.772. The summed E-state index contributed by atoms with van der Waals surface area (Å²) in [6, 6.07) is 5.43. The number of nitrogens with zero attached hydrogens (tertiary/aromatic N) is 3. The Morgan fingerprint density at radius 1 is 1.35 bits per heavy atom. The number of aryl methyl sites for hydroxylation is 1. The van der Waals surface area contributed by atoms with Crippen molar-refractivity contribution in [1.29, 1.82) is 0 Å². The molecule has 2 aromatic rings. The molecule has 1 fully saturated rings. The zero-order valence-corrected chi connectivity index (χ0v) is 13.1. The van der Waals surface area contributed by atoms with Crippen LogP contribution in [0.4, 0.5) is 0 Å². The van der Waals surface area contributed by atoms with E-state index in [1.807, 2.05) is 6.07 Å². The lowest BCUT2D eigenvalue weighted by Crippen LogP contribution is -2.31. The molecule has 2 aromatic heterocycles. The first kappa shape index (κ1) is 15.7. The standard InChI is InChI=1S/C16H22N4O3/c21-15(12-23-13-6-1-2-7-13)17-9-5-11-20-16(22)19-10-4-3-8-14(19)18-20/h3-4,8,10,13H,1-2,5-7,9,11-12H2,(H,17,21). The van der Waals surface area contributed by atoms with E-state index in [2.05, 4.69) is 10.4 Å². The number of hydrogen-bond acceptors (Lipinski definition) is 4. The van der Waals surface area contributed by atoms with Crippen LogP contribution in [0.1, 0.15) is 32.1 Å². The second-order valence-electron chi connectivity index (χ2n) is 5.86. The molecule has 0 radical (unpaired) electrons. The second-order valence-corrected chi connectivity index (χ2v) is 5.86. The first-order chi connectivity index (χ1) is 11.2. The van der Waals surface area contributed by atoms with Crippen LogP contribution in [0.5, 0.6) is 0 Å². The van der Waals surface area contributed by atoms with E-state index in [0.717, 1.165) is 12.8 Å². The summed E-state index contributed by atoms with van der Waals surface area (Å²) in [6.45, 7) is 1.11. The van der Waals surface area contributed by atoms with Crippen molar-refractivity contribution >= 4 is 11.6 Å². The average molecular weight is 318 g/mol. The van der Waals surface area contributed by atoms with E-state index < -0.39 is 0 Å². The summed E-state index contributed by atoms with van der Waals surface area (Å²) in [5.74, 6) is -0.0979. The Balaban J connectivity index is 1.39. The van der Waals surface area contributed by atoms with Gasteiger partial charge in [-0.25, -0.2) is 9.48 Å². The minimum atomic E-state index is -0.156. The van der Waals surface area contributed by atoms with Gasteiger partial charge in [-0.05, 0) is 31.4 Å². The van der Waals surface area contributed by atoms with E-state index >= 15 is 0 Å². The topological polar surface area (TPSA) is 77.6 Å². The summed E-state index contributed by atoms with van der Waals surface area (Å²) in [5.41, 5.74) is 0.475. The van der Waals surface area contributed by atoms with Crippen molar-refractivity contribution in [2.45, 2.75) is 44.8 Å². The lowest BCUT2D eigenvalue weighted by molar-refractivity contribution is -0.127. The van der Waals surface area contributed by atoms with E-state index in [4.69, 9.17) is 4.74 Å². The Hall–Kier alpha value is -2.15. The van der Waals surface area contributed by atoms with Crippen LogP contribution < -0.4 is 11.0 Å². The lowest BCUT2D eigenvalue weighted by atomic mass is 10.3. The van der Waals surface area contributed by atoms with Gasteiger partial charge in [-0.15, -0.1) is 5.10 Å². The SMILES string of the molecule is O=C(COC1CCCC1)NCCCn1nc2ccccn2c1=O. The van der Waals surface area contributed by atoms with Gasteiger partial charge in [0.05, 0.1) is 6.10 Å². The van der Waals surface area contributed by atoms with Gasteiger partial charge in [-0.3, -0.25) is 9.20 Å². The summed E-state index contributed by atoms with van der Waals surface area (Å²) in [6.07, 6.45) is 7.11. The number of pyridine rings is 1. The van der Waals surface area contributed by atoms with Crippen molar-refractivity contribution in [3.8, 4) is 0 Å². The zero-order chi connectivity index (χ0) is 16.1. The molecule has 0 aliphatic heterocycles. The van der Waals surface area contributed by atoms with Gasteiger partial charge in [-0.1, -0.05) is 18.9 Å². The van der Waals surface area contributed by atoms with Crippen molar-refractivity contribution in [2.24, 2.45) is 0 Å². The van der Waals surface area contributed by atoms with Crippen LogP contribution in [-0.4, -0.2) is 39.3 Å². The molecule has 1 aliphatic rings. The molecule has 0 atom stereocenters. The number of carbonyl (C=O) groups excluding carboxylic acids is 1. The molecule has 1 N–H and O–H groups in total. The van der Waals surface area contributed by atoms with E-state index in [1.54, 1.807) is 18.3 Å². The van der Waals surface area contributed by atoms with Crippen molar-refractivity contribution in [3.05, 3.63) is 34.9 Å². The first-order valence-electron chi connectivity index (χ1n) is 8.16. The van der Waals surface area contributed by atoms with Gasteiger partial charge in [0.2, 0.25) is 5.91 Å². The number of ether oxygens (including phenoxy) is 1. The van der Waals surface area contributed by atoms with Gasteiger partial charge in [-0.2, -0.15) is 0 Å². The first-order valence-corrected chi connectivity index (χ1v) is 8.16. The van der Waals surface area contributed by atoms with Crippen molar-refractivity contribution < 1.29 is 9.53 Å². The third kappa shape index (κ3) is 3.98. The van der Waals surface area contributed by atoms with E-state index in [9.17, 15) is 9.59 Å². The molecule has 1 aliphatic carbocycles. The molecule has 7 heteroatoms. The largest absolute Gasteiger partial charge is 0.368 e. The molecule has 2 heterocycles. The van der Waals surface area contributed by atoms with Gasteiger partial charge in [0, 0.05) is 19.3 Å². The molecular formula is C16H22N4O3. The number of hydrogen-bond donors (Lipinski definition) is 1. The van der Waals surface area contributed by atoms with Crippen molar-refractivity contribution in [1.82, 2.24) is 19.5 Å². The molecule has 7 nitrogen and oxygen atoms in total. The van der Waals surface area contributed by atoms with Gasteiger partial charge in [0.1, 0.15) is 6.61 Å². The molecule has 0 spiro atoms. The second kappa shape index (κ2) is 7.41. The summed E-state index contributed by atoms with van der Waals surface area (Å²) < 4.78 is 8.49. The van der Waals surface area contributed by atoms with Crippen molar-refractivity contribution in [3.63, 3.8) is 0 Å². The van der Waals surface area contributed by atoms with Crippen LogP contribution in [0.25, 0.3) is 5.65 Å². The summed E-state index contributed by atoms with van der Waals surface area (Å²) in [5, 5.41) is 7.06. The highest BCUT2D eigenvalue weighted by atomic mass is 16.5. The third-order valence-corrected chi connectivity index (χ3v) is 4.11. The lowest BCUT2D eigenvalue weighted by Gasteiger charge is -2.10. The Morgan fingerprint density at radius 2 is 2.17 bits per heavy atom. The molecule has 0 bridgehead atoms. The Bertz CT molecular complexity index is 715. The molecule has 124 valence electrons. The van der Waals surface area contributed by atoms with Crippen molar-refractivity contribution in [2.75, 3.05) is 13.2 Å². The Morgan fingerprint density at radius 3 is 2.96 bits per heavy atom. The fourth-order valence-corrected chi connectivity index (χ4v) is 2.87. The van der Waals surface area contributed by atoms with Gasteiger partial charge >= 0.3 is 5.69 Å². The van der Waals surface area contributed by atoms with Crippen LogP contribution in [0.2, 0.25) is 0 Å². The maximum absolute atomic E-state index is 12.1. The van der Waals surface area contributed by atoms with Gasteiger partial charge in [0.25, 0.3) is 0 Å². The van der Waals surface area contributed by atoms with E-state index in [0.29, 0.717) is 25.2 Å². The maximum Gasteiger partial charge on any atom is 0.350 e. The molecule has 0 unspecified atom stereocenters. The minimum absolute atomic E-state index is 0.0979. The van der Waals surface area contributed by atoms with Crippen LogP contribution >= 0.6 is 0 Å². The smallest absolute Gasteiger partial charge is 0.350 e. The molecule has 1 saturated carbocycles. The molecular weight excluding hydrogens is 296 g/mol. The number of carbonyl (C=O) groups is 1. The highest BCUT2D eigenvalue weighted by Crippen LogP contribution is 2.20. The van der Waals surface area contributed by atoms with E-state index in [1.165, 1.54) is 21.9 Å². The number of amides is 1. The zero-order valence-electron chi connectivity index (χ0n) is 13.1. The minimum Gasteiger partial charge on any atom is -0.368 e. The predicted octanol–water partition coefficient (Wildman–Crippen LogP) is 0.962. The Kier molecular flexibility index (Phi) is 5.07. The molecule has 0 aromatic carbocycles. The predicted molar refractivity (Wildman–Crippen MR) is 85.3 cm³/mol. The number of aromatic nitrogens is 3. The fraction of sp³-hybridized carbons (Fsp3) is 0.562. The van der Waals surface area contributed by atoms with Crippen LogP contribution in [-0.2, 0) is 16.1 Å². The summed E-state index contributed by atoms with van der Waals surface area (Å²) >= 11 is 0. The molecule has 0 saturated heterocycles. The highest BCUT2D eigenvalue weighted by Gasteiger charge is 2.16. The van der Waals surface area contributed by atoms with Crippen LogP contribution in [0.15, 0.2) is 29.2 Å². The molecule has 23 heavy (non-hydrogen) atoms. The number of nitrogens with one attached hydrogen (secondary N) is 1. The normalized spacial score (nSPS) is 15.3. The van der Waals surface area contributed by atoms with Crippen LogP contribution in [0, 0.1) is 0 Å². The number of rotatable bonds is 7. The molecule has 1 amide bonds. The fourth-order valence-electron chi connectivity index (χ4n) is 2.87. The maximum atomic E-state index is 12.1. The number of fused-ring (bicyclic) bond motifs is 1. The average Bonchev–Trinajstić information content (AvgIpc) is 3.19. The molecule has 3 rings (SSSR count). The summed E-state index contributed by atoms with van der Waals surface area (Å²) in [4.78, 5) is 23.8. The van der Waals surface area contributed by atoms with Crippen LogP contribution in [0.3, 0.4) is 0 Å². The Labute approximate surface area is 134 Å². The van der Waals surface area contributed by atoms with E-state index in [-0.39, 0.29) is 24.3 Å². The highest BCUT2D eigenvalue weighted by molar-refractivity contribution is 5.77. The van der Waals surface area contributed by atoms with Gasteiger partial charge in [0.15, 0.2) is 5.65 Å².